The van der Waals surface area contributed by atoms with E-state index in [4.69, 9.17) is 5.11 Å². The molecule has 0 aliphatic heterocycles. The minimum atomic E-state index is -1.01. The smallest absolute Gasteiger partial charge is 0.323 e. The van der Waals surface area contributed by atoms with Crippen molar-refractivity contribution in [3.05, 3.63) is 0 Å². The van der Waals surface area contributed by atoms with Crippen molar-refractivity contribution in [1.82, 2.24) is 5.32 Å². The minimum absolute atomic E-state index is 0.243. The topological polar surface area (TPSA) is 75.6 Å². The molecule has 0 aromatic carbocycles. The molecule has 1 unspecified atom stereocenters. The van der Waals surface area contributed by atoms with Crippen LogP contribution in [0.5, 0.6) is 0 Å². The summed E-state index contributed by atoms with van der Waals surface area (Å²) < 4.78 is 4.45. The van der Waals surface area contributed by atoms with Crippen LogP contribution in [0.2, 0.25) is 0 Å². The molecule has 0 saturated carbocycles. The van der Waals surface area contributed by atoms with E-state index in [9.17, 15) is 9.59 Å². The van der Waals surface area contributed by atoms with Crippen molar-refractivity contribution in [3.63, 3.8) is 0 Å². The van der Waals surface area contributed by atoms with Gasteiger partial charge in [-0.15, -0.1) is 0 Å². The highest BCUT2D eigenvalue weighted by Gasteiger charge is 2.20. The predicted octanol–water partition coefficient (Wildman–Crippen LogP) is 2.05. The van der Waals surface area contributed by atoms with Crippen LogP contribution in [0.3, 0.4) is 0 Å². The van der Waals surface area contributed by atoms with Crippen LogP contribution in [0.1, 0.15) is 47.5 Å². The molecular formula is C12H27NO4. The van der Waals surface area contributed by atoms with Gasteiger partial charge in [-0.05, 0) is 13.0 Å². The summed E-state index contributed by atoms with van der Waals surface area (Å²) in [5, 5.41) is 11.3. The van der Waals surface area contributed by atoms with E-state index >= 15 is 0 Å². The molecule has 0 saturated heterocycles. The van der Waals surface area contributed by atoms with Gasteiger partial charge in [-0.2, -0.15) is 0 Å². The Bertz CT molecular complexity index is 183. The third kappa shape index (κ3) is 14.9. The van der Waals surface area contributed by atoms with Gasteiger partial charge in [0.15, 0.2) is 0 Å². The summed E-state index contributed by atoms with van der Waals surface area (Å²) in [6.07, 6.45) is 0.597. The van der Waals surface area contributed by atoms with E-state index in [1.807, 2.05) is 34.6 Å². The van der Waals surface area contributed by atoms with E-state index < -0.39 is 18.0 Å². The molecule has 2 N–H and O–H groups in total. The first-order chi connectivity index (χ1) is 8.11. The summed E-state index contributed by atoms with van der Waals surface area (Å²) in [7, 11) is 1.24. The Labute approximate surface area is 105 Å². The lowest BCUT2D eigenvalue weighted by molar-refractivity contribution is -0.148. The van der Waals surface area contributed by atoms with E-state index in [0.717, 1.165) is 6.42 Å². The van der Waals surface area contributed by atoms with Crippen LogP contribution in [-0.4, -0.2) is 36.7 Å². The first kappa shape index (κ1) is 21.2. The summed E-state index contributed by atoms with van der Waals surface area (Å²) in [6.45, 7) is 10.5. The number of carboxylic acid groups (broad SMARTS) is 1. The molecule has 0 rings (SSSR count). The number of rotatable bonds is 6. The van der Waals surface area contributed by atoms with Crippen LogP contribution in [-0.2, 0) is 14.3 Å². The Balaban J connectivity index is -0.000000439. The number of ether oxygens (including phenoxy) is 1. The number of hydrogen-bond acceptors (Lipinski definition) is 4. The molecule has 104 valence electrons. The number of carbonyl (C=O) groups excluding carboxylic acids is 1. The number of hydrogen-bond donors (Lipinski definition) is 2. The second-order valence-corrected chi connectivity index (χ2v) is 2.63. The van der Waals surface area contributed by atoms with E-state index in [1.54, 1.807) is 0 Å². The van der Waals surface area contributed by atoms with Crippen molar-refractivity contribution in [3.8, 4) is 0 Å². The van der Waals surface area contributed by atoms with Crippen LogP contribution < -0.4 is 5.32 Å². The maximum absolute atomic E-state index is 11.0. The zero-order valence-electron chi connectivity index (χ0n) is 11.9. The van der Waals surface area contributed by atoms with E-state index in [1.165, 1.54) is 7.11 Å². The predicted molar refractivity (Wildman–Crippen MR) is 69.0 cm³/mol. The lowest BCUT2D eigenvalue weighted by Gasteiger charge is -2.13. The van der Waals surface area contributed by atoms with Gasteiger partial charge in [-0.3, -0.25) is 9.59 Å². The standard InChI is InChI=1S/C8H15NO4.2C2H6/c1-3-4-9-6(5-7(10)11)8(12)13-2;2*1-2/h6,9H,3-5H2,1-2H3,(H,10,11);2*1-2H3. The quantitative estimate of drug-likeness (QED) is 0.705. The van der Waals surface area contributed by atoms with Crippen molar-refractivity contribution in [2.75, 3.05) is 13.7 Å². The normalized spacial score (nSPS) is 10.0. The van der Waals surface area contributed by atoms with E-state index in [-0.39, 0.29) is 6.42 Å². The molecule has 0 heterocycles. The number of methoxy groups -OCH3 is 1. The van der Waals surface area contributed by atoms with Gasteiger partial charge in [0.25, 0.3) is 0 Å². The number of carboxylic acids is 1. The summed E-state index contributed by atoms with van der Waals surface area (Å²) in [5.74, 6) is -1.55. The molecule has 0 aromatic rings. The number of nitrogens with one attached hydrogen (secondary N) is 1. The third-order valence-electron chi connectivity index (χ3n) is 1.51. The Morgan fingerprint density at radius 3 is 2.00 bits per heavy atom. The molecule has 0 spiro atoms. The Kier molecular flexibility index (Phi) is 21.6. The van der Waals surface area contributed by atoms with Crippen molar-refractivity contribution >= 4 is 11.9 Å². The maximum Gasteiger partial charge on any atom is 0.323 e. The fourth-order valence-electron chi connectivity index (χ4n) is 0.874. The van der Waals surface area contributed by atoms with Gasteiger partial charge in [0, 0.05) is 0 Å². The highest BCUT2D eigenvalue weighted by Crippen LogP contribution is 1.95. The Hall–Kier alpha value is -1.10. The van der Waals surface area contributed by atoms with Gasteiger partial charge >= 0.3 is 11.9 Å². The molecule has 17 heavy (non-hydrogen) atoms. The zero-order valence-corrected chi connectivity index (χ0v) is 11.9. The van der Waals surface area contributed by atoms with Crippen molar-refractivity contribution in [1.29, 1.82) is 0 Å². The molecular weight excluding hydrogens is 222 g/mol. The average molecular weight is 249 g/mol. The largest absolute Gasteiger partial charge is 0.481 e. The SMILES string of the molecule is CC.CC.CCCNC(CC(=O)O)C(=O)OC. The second-order valence-electron chi connectivity index (χ2n) is 2.63. The molecule has 1 atom stereocenters. The molecule has 0 fully saturated rings. The molecule has 0 aromatic heterocycles. The third-order valence-corrected chi connectivity index (χ3v) is 1.51. The summed E-state index contributed by atoms with van der Waals surface area (Å²) in [6, 6.07) is -0.734. The van der Waals surface area contributed by atoms with Gasteiger partial charge in [0.05, 0.1) is 13.5 Å². The molecule has 0 aliphatic carbocycles. The van der Waals surface area contributed by atoms with Gasteiger partial charge in [0.1, 0.15) is 6.04 Å². The lowest BCUT2D eigenvalue weighted by Crippen LogP contribution is -2.39. The molecule has 0 aliphatic rings. The minimum Gasteiger partial charge on any atom is -0.481 e. The van der Waals surface area contributed by atoms with Gasteiger partial charge in [0.2, 0.25) is 0 Å². The molecule has 5 nitrogen and oxygen atoms in total. The van der Waals surface area contributed by atoms with E-state index in [2.05, 4.69) is 10.1 Å². The van der Waals surface area contributed by atoms with Crippen molar-refractivity contribution in [2.24, 2.45) is 0 Å². The van der Waals surface area contributed by atoms with Crippen molar-refractivity contribution in [2.45, 2.75) is 53.5 Å². The Morgan fingerprint density at radius 1 is 1.24 bits per heavy atom. The zero-order chi connectivity index (χ0) is 14.3. The lowest BCUT2D eigenvalue weighted by atomic mass is 10.2. The van der Waals surface area contributed by atoms with Gasteiger partial charge < -0.3 is 15.2 Å². The summed E-state index contributed by atoms with van der Waals surface area (Å²) in [5.41, 5.74) is 0. The first-order valence-electron chi connectivity index (χ1n) is 6.14. The number of esters is 1. The second kappa shape index (κ2) is 17.3. The number of aliphatic carboxylic acids is 1. The maximum atomic E-state index is 11.0. The molecule has 0 radical (unpaired) electrons. The van der Waals surface area contributed by atoms with Crippen molar-refractivity contribution < 1.29 is 19.4 Å². The van der Waals surface area contributed by atoms with Crippen LogP contribution in [0.4, 0.5) is 0 Å². The van der Waals surface area contributed by atoms with Crippen LogP contribution in [0, 0.1) is 0 Å². The highest BCUT2D eigenvalue weighted by molar-refractivity contribution is 5.81. The van der Waals surface area contributed by atoms with Crippen LogP contribution in [0.15, 0.2) is 0 Å². The highest BCUT2D eigenvalue weighted by atomic mass is 16.5. The fourth-order valence-corrected chi connectivity index (χ4v) is 0.874. The first-order valence-corrected chi connectivity index (χ1v) is 6.14. The molecule has 0 bridgehead atoms. The fraction of sp³-hybridized carbons (Fsp3) is 0.833. The Morgan fingerprint density at radius 2 is 1.71 bits per heavy atom. The molecule has 0 amide bonds. The van der Waals surface area contributed by atoms with Crippen LogP contribution in [0.25, 0.3) is 0 Å². The summed E-state index contributed by atoms with van der Waals surface area (Å²) in [4.78, 5) is 21.4. The van der Waals surface area contributed by atoms with Crippen LogP contribution >= 0.6 is 0 Å². The average Bonchev–Trinajstić information content (AvgIpc) is 2.38. The monoisotopic (exact) mass is 249 g/mol. The molecule has 5 heteroatoms. The van der Waals surface area contributed by atoms with Gasteiger partial charge in [-0.25, -0.2) is 0 Å². The number of carbonyl (C=O) groups is 2. The van der Waals surface area contributed by atoms with Gasteiger partial charge in [-0.1, -0.05) is 34.6 Å². The van der Waals surface area contributed by atoms with E-state index in [0.29, 0.717) is 6.54 Å². The summed E-state index contributed by atoms with van der Waals surface area (Å²) >= 11 is 0.